The molecule has 1 heterocycles. The maximum absolute atomic E-state index is 5.26. The summed E-state index contributed by atoms with van der Waals surface area (Å²) in [4.78, 5) is 4.08. The number of thiol groups is 1. The third-order valence-electron chi connectivity index (χ3n) is 1.56. The van der Waals surface area contributed by atoms with E-state index < -0.39 is 0 Å². The van der Waals surface area contributed by atoms with E-state index in [0.29, 0.717) is 5.23 Å². The Morgan fingerprint density at radius 1 is 1.70 bits per heavy atom. The van der Waals surface area contributed by atoms with Gasteiger partial charge in [0.15, 0.2) is 0 Å². The summed E-state index contributed by atoms with van der Waals surface area (Å²) in [5, 5.41) is 0.486. The van der Waals surface area contributed by atoms with Crippen molar-refractivity contribution in [2.45, 2.75) is 12.5 Å². The van der Waals surface area contributed by atoms with Crippen molar-refractivity contribution >= 4 is 17.9 Å². The normalized spacial score (nSPS) is 28.7. The summed E-state index contributed by atoms with van der Waals surface area (Å²) in [7, 11) is 0. The quantitative estimate of drug-likeness (QED) is 0.523. The van der Waals surface area contributed by atoms with Gasteiger partial charge in [0.05, 0.1) is 5.70 Å². The Labute approximate surface area is 64.7 Å². The van der Waals surface area contributed by atoms with E-state index in [1.54, 1.807) is 0 Å². The van der Waals surface area contributed by atoms with Crippen LogP contribution in [0.25, 0.3) is 0 Å². The van der Waals surface area contributed by atoms with E-state index in [0.717, 1.165) is 12.1 Å². The Hall–Kier alpha value is -0.700. The van der Waals surface area contributed by atoms with Crippen LogP contribution < -0.4 is 0 Å². The van der Waals surface area contributed by atoms with Gasteiger partial charge in [-0.3, -0.25) is 0 Å². The molecule has 52 valence electrons. The van der Waals surface area contributed by atoms with Crippen LogP contribution in [-0.4, -0.2) is 11.3 Å². The molecule has 0 amide bonds. The third-order valence-corrected chi connectivity index (χ3v) is 1.76. The van der Waals surface area contributed by atoms with Gasteiger partial charge in [-0.2, -0.15) is 0 Å². The minimum atomic E-state index is 0.137. The standard InChI is InChI=1S/C7H7NOS/c10-7-8-5-3-1-2-4-6(5)9-7/h1-3,6H,4H2,(H,8,10). The van der Waals surface area contributed by atoms with Crippen LogP contribution in [0, 0.1) is 0 Å². The zero-order valence-corrected chi connectivity index (χ0v) is 6.21. The van der Waals surface area contributed by atoms with Crippen LogP contribution in [0.15, 0.2) is 28.9 Å². The zero-order valence-electron chi connectivity index (χ0n) is 5.32. The van der Waals surface area contributed by atoms with Crippen molar-refractivity contribution in [2.24, 2.45) is 4.99 Å². The number of hydrogen-bond donors (Lipinski definition) is 1. The lowest BCUT2D eigenvalue weighted by atomic mass is 10.1. The van der Waals surface area contributed by atoms with Crippen LogP contribution in [0.5, 0.6) is 0 Å². The van der Waals surface area contributed by atoms with Gasteiger partial charge in [-0.25, -0.2) is 4.99 Å². The molecule has 1 aliphatic heterocycles. The summed E-state index contributed by atoms with van der Waals surface area (Å²) in [5.41, 5.74) is 0.993. The molecular formula is C7H7NOS. The Bertz CT molecular complexity index is 242. The van der Waals surface area contributed by atoms with Crippen molar-refractivity contribution in [3.63, 3.8) is 0 Å². The van der Waals surface area contributed by atoms with Gasteiger partial charge in [0.1, 0.15) is 6.10 Å². The highest BCUT2D eigenvalue weighted by molar-refractivity contribution is 7.96. The van der Waals surface area contributed by atoms with Crippen molar-refractivity contribution in [2.75, 3.05) is 0 Å². The van der Waals surface area contributed by atoms with Gasteiger partial charge in [-0.1, -0.05) is 24.8 Å². The van der Waals surface area contributed by atoms with Gasteiger partial charge in [0, 0.05) is 6.42 Å². The Morgan fingerprint density at radius 3 is 3.40 bits per heavy atom. The van der Waals surface area contributed by atoms with Gasteiger partial charge in [-0.05, 0) is 6.08 Å². The first-order valence-corrected chi connectivity index (χ1v) is 3.62. The van der Waals surface area contributed by atoms with E-state index in [9.17, 15) is 0 Å². The van der Waals surface area contributed by atoms with Gasteiger partial charge in [-0.15, -0.1) is 0 Å². The molecule has 2 nitrogen and oxygen atoms in total. The monoisotopic (exact) mass is 153 g/mol. The number of aliphatic imine (C=N–C) groups is 1. The Balaban J connectivity index is 2.31. The lowest BCUT2D eigenvalue weighted by molar-refractivity contribution is 0.254. The molecule has 0 aromatic heterocycles. The number of rotatable bonds is 0. The predicted molar refractivity (Wildman–Crippen MR) is 43.1 cm³/mol. The molecule has 0 radical (unpaired) electrons. The minimum absolute atomic E-state index is 0.137. The van der Waals surface area contributed by atoms with Gasteiger partial charge >= 0.3 is 0 Å². The van der Waals surface area contributed by atoms with Crippen molar-refractivity contribution < 1.29 is 4.74 Å². The molecule has 0 fully saturated rings. The smallest absolute Gasteiger partial charge is 0.248 e. The van der Waals surface area contributed by atoms with Crippen LogP contribution in [0.2, 0.25) is 0 Å². The van der Waals surface area contributed by atoms with Crippen LogP contribution in [0.4, 0.5) is 0 Å². The molecule has 2 aliphatic rings. The van der Waals surface area contributed by atoms with Crippen molar-refractivity contribution in [1.29, 1.82) is 0 Å². The minimum Gasteiger partial charge on any atom is -0.463 e. The molecule has 0 spiro atoms. The highest BCUT2D eigenvalue weighted by atomic mass is 32.1. The van der Waals surface area contributed by atoms with Crippen LogP contribution in [-0.2, 0) is 4.74 Å². The van der Waals surface area contributed by atoms with Crippen LogP contribution in [0.1, 0.15) is 6.42 Å². The van der Waals surface area contributed by atoms with Crippen LogP contribution in [0.3, 0.4) is 0 Å². The molecule has 0 bridgehead atoms. The average Bonchev–Trinajstić information content (AvgIpc) is 2.27. The summed E-state index contributed by atoms with van der Waals surface area (Å²) in [5.74, 6) is 0. The first kappa shape index (κ1) is 6.04. The molecule has 2 rings (SSSR count). The topological polar surface area (TPSA) is 21.6 Å². The van der Waals surface area contributed by atoms with E-state index in [1.165, 1.54) is 0 Å². The number of nitrogens with zero attached hydrogens (tertiary/aromatic N) is 1. The van der Waals surface area contributed by atoms with E-state index >= 15 is 0 Å². The number of fused-ring (bicyclic) bond motifs is 1. The first-order valence-electron chi connectivity index (χ1n) is 3.17. The Morgan fingerprint density at radius 2 is 2.60 bits per heavy atom. The average molecular weight is 153 g/mol. The Kier molecular flexibility index (Phi) is 1.31. The van der Waals surface area contributed by atoms with Crippen molar-refractivity contribution in [3.8, 4) is 0 Å². The molecular weight excluding hydrogens is 146 g/mol. The second-order valence-corrected chi connectivity index (χ2v) is 2.64. The molecule has 10 heavy (non-hydrogen) atoms. The second-order valence-electron chi connectivity index (χ2n) is 2.26. The molecule has 0 N–H and O–H groups in total. The maximum atomic E-state index is 5.26. The number of ether oxygens (including phenoxy) is 1. The van der Waals surface area contributed by atoms with Gasteiger partial charge in [0.2, 0.25) is 5.23 Å². The summed E-state index contributed by atoms with van der Waals surface area (Å²) >= 11 is 4.01. The molecule has 1 atom stereocenters. The molecule has 0 aromatic carbocycles. The molecule has 0 aromatic rings. The number of allylic oxidation sites excluding steroid dienone is 2. The van der Waals surface area contributed by atoms with Crippen LogP contribution >= 0.6 is 12.6 Å². The van der Waals surface area contributed by atoms with Gasteiger partial charge in [0.25, 0.3) is 0 Å². The van der Waals surface area contributed by atoms with E-state index in [-0.39, 0.29) is 6.10 Å². The van der Waals surface area contributed by atoms with Crippen molar-refractivity contribution in [1.82, 2.24) is 0 Å². The molecule has 3 heteroatoms. The molecule has 0 saturated heterocycles. The van der Waals surface area contributed by atoms with E-state index in [4.69, 9.17) is 4.74 Å². The van der Waals surface area contributed by atoms with E-state index in [2.05, 4.69) is 23.7 Å². The lowest BCUT2D eigenvalue weighted by Gasteiger charge is -2.09. The maximum Gasteiger partial charge on any atom is 0.248 e. The summed E-state index contributed by atoms with van der Waals surface area (Å²) in [6, 6.07) is 0. The van der Waals surface area contributed by atoms with Gasteiger partial charge < -0.3 is 4.74 Å². The molecule has 1 unspecified atom stereocenters. The fourth-order valence-electron chi connectivity index (χ4n) is 1.08. The predicted octanol–water partition coefficient (Wildman–Crippen LogP) is 1.51. The summed E-state index contributed by atoms with van der Waals surface area (Å²) in [6.07, 6.45) is 7.07. The van der Waals surface area contributed by atoms with E-state index in [1.807, 2.05) is 12.2 Å². The third kappa shape index (κ3) is 0.865. The highest BCUT2D eigenvalue weighted by Crippen LogP contribution is 2.24. The fraction of sp³-hybridized carbons (Fsp3) is 0.286. The number of hydrogen-bond acceptors (Lipinski definition) is 2. The SMILES string of the molecule is SC1=NC2=CC=CCC2O1. The molecule has 0 saturated carbocycles. The summed E-state index contributed by atoms with van der Waals surface area (Å²) in [6.45, 7) is 0. The second kappa shape index (κ2) is 2.16. The summed E-state index contributed by atoms with van der Waals surface area (Å²) < 4.78 is 5.26. The molecule has 1 aliphatic carbocycles. The largest absolute Gasteiger partial charge is 0.463 e. The first-order chi connectivity index (χ1) is 4.86. The fourth-order valence-corrected chi connectivity index (χ4v) is 1.32. The lowest BCUT2D eigenvalue weighted by Crippen LogP contribution is -2.10. The zero-order chi connectivity index (χ0) is 6.97. The highest BCUT2D eigenvalue weighted by Gasteiger charge is 2.23. The van der Waals surface area contributed by atoms with Crippen molar-refractivity contribution in [3.05, 3.63) is 23.9 Å².